The van der Waals surface area contributed by atoms with Crippen molar-refractivity contribution in [3.05, 3.63) is 29.8 Å². The lowest BCUT2D eigenvalue weighted by Crippen LogP contribution is -2.38. The summed E-state index contributed by atoms with van der Waals surface area (Å²) >= 11 is 0. The number of aliphatic imine (C=N–C) groups is 1. The van der Waals surface area contributed by atoms with Gasteiger partial charge in [0, 0.05) is 37.5 Å². The number of benzene rings is 1. The molecule has 1 amide bonds. The van der Waals surface area contributed by atoms with Crippen molar-refractivity contribution >= 4 is 23.5 Å². The van der Waals surface area contributed by atoms with E-state index in [1.165, 1.54) is 0 Å². The molecule has 1 heterocycles. The zero-order valence-electron chi connectivity index (χ0n) is 18.3. The number of unbranched alkanes of at least 4 members (excludes halogenated alkanes) is 4. The minimum absolute atomic E-state index is 0.0508. The maximum atomic E-state index is 12.0. The number of hydrogen-bond donors (Lipinski definition) is 3. The topological polar surface area (TPSA) is 91.8 Å². The molecule has 0 saturated heterocycles. The van der Waals surface area contributed by atoms with Crippen LogP contribution in [0.3, 0.4) is 0 Å². The fourth-order valence-corrected chi connectivity index (χ4v) is 3.57. The Kier molecular flexibility index (Phi) is 10.8. The lowest BCUT2D eigenvalue weighted by molar-refractivity contribution is -0.143. The number of ether oxygens (including phenoxy) is 1. The van der Waals surface area contributed by atoms with E-state index in [4.69, 9.17) is 9.73 Å². The largest absolute Gasteiger partial charge is 0.466 e. The van der Waals surface area contributed by atoms with Crippen LogP contribution >= 0.6 is 0 Å². The second-order valence-corrected chi connectivity index (χ2v) is 7.51. The van der Waals surface area contributed by atoms with Crippen LogP contribution in [0.15, 0.2) is 29.3 Å². The molecule has 0 saturated carbocycles. The molecular weight excluding hydrogens is 380 g/mol. The lowest BCUT2D eigenvalue weighted by atomic mass is 9.91. The number of esters is 1. The predicted molar refractivity (Wildman–Crippen MR) is 121 cm³/mol. The van der Waals surface area contributed by atoms with Crippen LogP contribution < -0.4 is 16.0 Å². The van der Waals surface area contributed by atoms with Gasteiger partial charge in [0.1, 0.15) is 0 Å². The molecule has 1 unspecified atom stereocenters. The maximum Gasteiger partial charge on any atom is 0.305 e. The van der Waals surface area contributed by atoms with Crippen molar-refractivity contribution in [2.75, 3.05) is 31.6 Å². The predicted octanol–water partition coefficient (Wildman–Crippen LogP) is 3.57. The molecule has 2 rings (SSSR count). The molecule has 0 spiro atoms. The number of carbonyl (C=O) groups excluding carboxylic acids is 2. The van der Waals surface area contributed by atoms with Crippen LogP contribution in [-0.4, -0.2) is 44.1 Å². The van der Waals surface area contributed by atoms with Crippen molar-refractivity contribution in [2.24, 2.45) is 4.99 Å². The average molecular weight is 417 g/mol. The summed E-state index contributed by atoms with van der Waals surface area (Å²) in [6.07, 6.45) is 6.22. The number of amides is 1. The molecule has 30 heavy (non-hydrogen) atoms. The third-order valence-corrected chi connectivity index (χ3v) is 5.08. The van der Waals surface area contributed by atoms with Crippen molar-refractivity contribution in [1.29, 1.82) is 0 Å². The van der Waals surface area contributed by atoms with Crippen molar-refractivity contribution in [3.63, 3.8) is 0 Å². The molecular formula is C23H36N4O3. The number of carbonyl (C=O) groups is 2. The number of rotatable bonds is 12. The van der Waals surface area contributed by atoms with E-state index in [0.29, 0.717) is 26.0 Å². The van der Waals surface area contributed by atoms with Gasteiger partial charge in [-0.15, -0.1) is 0 Å². The summed E-state index contributed by atoms with van der Waals surface area (Å²) in [7, 11) is 0. The van der Waals surface area contributed by atoms with E-state index in [0.717, 1.165) is 62.4 Å². The first kappa shape index (κ1) is 23.7. The lowest BCUT2D eigenvalue weighted by Gasteiger charge is -2.24. The molecule has 1 aliphatic rings. The van der Waals surface area contributed by atoms with Crippen LogP contribution in [0.2, 0.25) is 0 Å². The quantitative estimate of drug-likeness (QED) is 0.210. The zero-order valence-corrected chi connectivity index (χ0v) is 18.3. The van der Waals surface area contributed by atoms with Gasteiger partial charge in [-0.05, 0) is 38.3 Å². The minimum atomic E-state index is -0.0938. The van der Waals surface area contributed by atoms with Crippen LogP contribution in [0.25, 0.3) is 0 Å². The van der Waals surface area contributed by atoms with Gasteiger partial charge in [0.25, 0.3) is 0 Å². The monoisotopic (exact) mass is 416 g/mol. The molecule has 166 valence electrons. The summed E-state index contributed by atoms with van der Waals surface area (Å²) < 4.78 is 4.94. The first-order valence-corrected chi connectivity index (χ1v) is 11.2. The summed E-state index contributed by atoms with van der Waals surface area (Å²) in [5, 5.41) is 9.60. The van der Waals surface area contributed by atoms with Gasteiger partial charge in [-0.3, -0.25) is 14.6 Å². The zero-order chi connectivity index (χ0) is 21.6. The van der Waals surface area contributed by atoms with Gasteiger partial charge in [0.05, 0.1) is 13.2 Å². The summed E-state index contributed by atoms with van der Waals surface area (Å²) in [6, 6.07) is 7.95. The minimum Gasteiger partial charge on any atom is -0.466 e. The average Bonchev–Trinajstić information content (AvgIpc) is 2.73. The fraction of sp³-hybridized carbons (Fsp3) is 0.609. The second kappa shape index (κ2) is 13.6. The van der Waals surface area contributed by atoms with E-state index in [-0.39, 0.29) is 17.8 Å². The smallest absolute Gasteiger partial charge is 0.305 e. The molecule has 1 aliphatic heterocycles. The molecule has 0 radical (unpaired) electrons. The summed E-state index contributed by atoms with van der Waals surface area (Å²) in [5.41, 5.74) is 2.05. The number of fused-ring (bicyclic) bond motifs is 1. The van der Waals surface area contributed by atoms with Crippen LogP contribution in [0.4, 0.5) is 5.69 Å². The van der Waals surface area contributed by atoms with Gasteiger partial charge in [-0.25, -0.2) is 0 Å². The van der Waals surface area contributed by atoms with Crippen molar-refractivity contribution in [3.8, 4) is 0 Å². The fourth-order valence-electron chi connectivity index (χ4n) is 3.57. The van der Waals surface area contributed by atoms with Crippen molar-refractivity contribution in [2.45, 2.75) is 64.7 Å². The molecule has 0 bridgehead atoms. The first-order chi connectivity index (χ1) is 14.6. The van der Waals surface area contributed by atoms with Gasteiger partial charge in [0.15, 0.2) is 5.96 Å². The molecule has 3 N–H and O–H groups in total. The van der Waals surface area contributed by atoms with E-state index in [1.54, 1.807) is 0 Å². The van der Waals surface area contributed by atoms with Crippen LogP contribution in [0, 0.1) is 0 Å². The Hall–Kier alpha value is -2.57. The summed E-state index contributed by atoms with van der Waals surface area (Å²) in [4.78, 5) is 28.0. The van der Waals surface area contributed by atoms with E-state index in [1.807, 2.05) is 32.0 Å². The van der Waals surface area contributed by atoms with Gasteiger partial charge in [-0.1, -0.05) is 37.5 Å². The molecule has 0 aliphatic carbocycles. The van der Waals surface area contributed by atoms with Crippen LogP contribution in [0.5, 0.6) is 0 Å². The first-order valence-electron chi connectivity index (χ1n) is 11.2. The Labute approximate surface area is 180 Å². The normalized spacial score (nSPS) is 15.9. The van der Waals surface area contributed by atoms with Crippen LogP contribution in [0.1, 0.15) is 70.3 Å². The molecule has 0 fully saturated rings. The molecule has 0 aromatic heterocycles. The number of anilines is 1. The van der Waals surface area contributed by atoms with Crippen LogP contribution in [-0.2, 0) is 14.3 Å². The third kappa shape index (κ3) is 8.43. The standard InChI is InChI=1S/C23H36N4O3/c1-3-24-23(25-15-11-7-5-6-8-14-22(29)30-4-2)26-17-18-16-21(28)27-20-13-10-9-12-19(18)20/h9-10,12-13,18H,3-8,11,14-17H2,1-2H3,(H,27,28)(H2,24,25,26). The Bertz CT molecular complexity index is 705. The Morgan fingerprint density at radius 1 is 1.13 bits per heavy atom. The highest BCUT2D eigenvalue weighted by Crippen LogP contribution is 2.31. The molecule has 7 nitrogen and oxygen atoms in total. The van der Waals surface area contributed by atoms with E-state index >= 15 is 0 Å². The Balaban J connectivity index is 1.70. The van der Waals surface area contributed by atoms with Gasteiger partial charge in [-0.2, -0.15) is 0 Å². The van der Waals surface area contributed by atoms with Gasteiger partial charge in [0.2, 0.25) is 5.91 Å². The van der Waals surface area contributed by atoms with Gasteiger partial charge < -0.3 is 20.7 Å². The highest BCUT2D eigenvalue weighted by atomic mass is 16.5. The summed E-state index contributed by atoms with van der Waals surface area (Å²) in [5.74, 6) is 0.853. The molecule has 1 aromatic rings. The van der Waals surface area contributed by atoms with E-state index in [9.17, 15) is 9.59 Å². The van der Waals surface area contributed by atoms with Gasteiger partial charge >= 0.3 is 5.97 Å². The Morgan fingerprint density at radius 3 is 2.70 bits per heavy atom. The third-order valence-electron chi connectivity index (χ3n) is 5.08. The number of guanidine groups is 1. The maximum absolute atomic E-state index is 12.0. The molecule has 7 heteroatoms. The number of nitrogens with zero attached hydrogens (tertiary/aromatic N) is 1. The molecule has 1 atom stereocenters. The highest BCUT2D eigenvalue weighted by Gasteiger charge is 2.24. The number of para-hydroxylation sites is 1. The molecule has 1 aromatic carbocycles. The van der Waals surface area contributed by atoms with Crippen molar-refractivity contribution in [1.82, 2.24) is 10.6 Å². The van der Waals surface area contributed by atoms with Crippen molar-refractivity contribution < 1.29 is 14.3 Å². The highest BCUT2D eigenvalue weighted by molar-refractivity contribution is 5.94. The second-order valence-electron chi connectivity index (χ2n) is 7.51. The number of hydrogen-bond acceptors (Lipinski definition) is 4. The Morgan fingerprint density at radius 2 is 1.90 bits per heavy atom. The summed E-state index contributed by atoms with van der Waals surface area (Å²) in [6.45, 7) is 6.56. The number of nitrogens with one attached hydrogen (secondary N) is 3. The SMILES string of the molecule is CCNC(=NCC1CC(=O)Nc2ccccc21)NCCCCCCCC(=O)OCC. The van der Waals surface area contributed by atoms with E-state index in [2.05, 4.69) is 22.0 Å². The van der Waals surface area contributed by atoms with E-state index < -0.39 is 0 Å².